The number of fused-ring (bicyclic) bond motifs is 1. The van der Waals surface area contributed by atoms with Gasteiger partial charge in [0.2, 0.25) is 5.69 Å². The predicted molar refractivity (Wildman–Crippen MR) is 50.3 cm³/mol. The Morgan fingerprint density at radius 1 is 1.42 bits per heavy atom. The molecule has 0 atom stereocenters. The number of nitrogens with zero attached hydrogens (tertiary/aromatic N) is 1. The Balaban J connectivity index is 2.89. The summed E-state index contributed by atoms with van der Waals surface area (Å²) in [5.41, 5.74) is 0.797. The Morgan fingerprint density at radius 3 is 2.92 bits per heavy atom. The van der Waals surface area contributed by atoms with Crippen LogP contribution in [0.1, 0.15) is 10.6 Å². The summed E-state index contributed by atoms with van der Waals surface area (Å²) in [6.45, 7) is 3.91. The van der Waals surface area contributed by atoms with E-state index in [-0.39, 0.29) is 0 Å². The first kappa shape index (κ1) is 7.55. The summed E-state index contributed by atoms with van der Waals surface area (Å²) >= 11 is 1.67. The lowest BCUT2D eigenvalue weighted by Crippen LogP contribution is -2.28. The number of aryl methyl sites for hydroxylation is 2. The number of aromatic nitrogens is 1. The molecule has 2 nitrogen and oxygen atoms in total. The molecule has 0 unspecified atom stereocenters. The number of thiophene rings is 1. The molecule has 62 valence electrons. The van der Waals surface area contributed by atoms with Crippen LogP contribution in [0.25, 0.3) is 10.1 Å². The molecule has 0 radical (unpaired) electrons. The van der Waals surface area contributed by atoms with Gasteiger partial charge in [0, 0.05) is 23.3 Å². The van der Waals surface area contributed by atoms with Crippen LogP contribution in [0.15, 0.2) is 18.3 Å². The summed E-state index contributed by atoms with van der Waals surface area (Å²) in [5, 5.41) is 12.3. The fourth-order valence-corrected chi connectivity index (χ4v) is 2.29. The van der Waals surface area contributed by atoms with Crippen molar-refractivity contribution in [2.24, 2.45) is 0 Å². The van der Waals surface area contributed by atoms with E-state index < -0.39 is 0 Å². The zero-order valence-corrected chi connectivity index (χ0v) is 7.81. The highest BCUT2D eigenvalue weighted by Crippen LogP contribution is 2.25. The van der Waals surface area contributed by atoms with Crippen molar-refractivity contribution in [2.75, 3.05) is 0 Å². The molecular formula is C9H9NOS. The van der Waals surface area contributed by atoms with Gasteiger partial charge in [-0.1, -0.05) is 0 Å². The van der Waals surface area contributed by atoms with Gasteiger partial charge >= 0.3 is 0 Å². The second kappa shape index (κ2) is 2.45. The monoisotopic (exact) mass is 179 g/mol. The molecule has 2 heterocycles. The maximum atomic E-state index is 11.2. The first-order chi connectivity index (χ1) is 5.68. The number of hydrogen-bond donors (Lipinski definition) is 0. The molecule has 0 bridgehead atoms. The molecule has 0 aromatic carbocycles. The van der Waals surface area contributed by atoms with Gasteiger partial charge in [-0.25, -0.2) is 0 Å². The molecule has 2 aromatic heterocycles. The van der Waals surface area contributed by atoms with Crippen LogP contribution in [-0.2, 0) is 0 Å². The third kappa shape index (κ3) is 0.975. The predicted octanol–water partition coefficient (Wildman–Crippen LogP) is 2.15. The van der Waals surface area contributed by atoms with Gasteiger partial charge in [-0.3, -0.25) is 0 Å². The first-order valence-corrected chi connectivity index (χ1v) is 4.59. The van der Waals surface area contributed by atoms with E-state index in [0.29, 0.717) is 0 Å². The van der Waals surface area contributed by atoms with Gasteiger partial charge in [-0.15, -0.1) is 11.3 Å². The Bertz CT molecular complexity index is 433. The summed E-state index contributed by atoms with van der Waals surface area (Å²) in [6.07, 6.45) is 1.56. The van der Waals surface area contributed by atoms with Gasteiger partial charge < -0.3 is 5.21 Å². The summed E-state index contributed by atoms with van der Waals surface area (Å²) in [7, 11) is 0. The van der Waals surface area contributed by atoms with Crippen LogP contribution in [0.2, 0.25) is 0 Å². The molecule has 0 saturated heterocycles. The quantitative estimate of drug-likeness (QED) is 0.449. The van der Waals surface area contributed by atoms with Crippen LogP contribution in [0.4, 0.5) is 0 Å². The van der Waals surface area contributed by atoms with Crippen LogP contribution in [0.3, 0.4) is 0 Å². The molecule has 0 N–H and O–H groups in total. The molecule has 2 aromatic rings. The Morgan fingerprint density at radius 2 is 2.17 bits per heavy atom. The van der Waals surface area contributed by atoms with Gasteiger partial charge in [0.15, 0.2) is 6.20 Å². The van der Waals surface area contributed by atoms with E-state index in [0.717, 1.165) is 15.1 Å². The lowest BCUT2D eigenvalue weighted by molar-refractivity contribution is -0.610. The van der Waals surface area contributed by atoms with Crippen molar-refractivity contribution in [3.8, 4) is 0 Å². The average molecular weight is 179 g/mol. The molecular weight excluding hydrogens is 170 g/mol. The minimum atomic E-state index is 0.797. The highest BCUT2D eigenvalue weighted by Gasteiger charge is 2.07. The molecule has 12 heavy (non-hydrogen) atoms. The van der Waals surface area contributed by atoms with Crippen LogP contribution >= 0.6 is 11.3 Å². The van der Waals surface area contributed by atoms with E-state index in [4.69, 9.17) is 0 Å². The second-order valence-corrected chi connectivity index (χ2v) is 4.12. The summed E-state index contributed by atoms with van der Waals surface area (Å²) < 4.78 is 2.02. The maximum Gasteiger partial charge on any atom is 0.207 e. The fraction of sp³-hybridized carbons (Fsp3) is 0.222. The van der Waals surface area contributed by atoms with E-state index in [9.17, 15) is 5.21 Å². The highest BCUT2D eigenvalue weighted by atomic mass is 32.1. The van der Waals surface area contributed by atoms with Crippen molar-refractivity contribution in [1.82, 2.24) is 0 Å². The van der Waals surface area contributed by atoms with Gasteiger partial charge in [0.05, 0.1) is 0 Å². The van der Waals surface area contributed by atoms with Crippen molar-refractivity contribution < 1.29 is 4.73 Å². The second-order valence-electron chi connectivity index (χ2n) is 2.87. The first-order valence-electron chi connectivity index (χ1n) is 3.77. The van der Waals surface area contributed by atoms with Crippen LogP contribution in [0.5, 0.6) is 0 Å². The van der Waals surface area contributed by atoms with E-state index in [1.54, 1.807) is 17.5 Å². The normalized spacial score (nSPS) is 10.8. The van der Waals surface area contributed by atoms with E-state index in [1.165, 1.54) is 10.3 Å². The van der Waals surface area contributed by atoms with E-state index in [2.05, 4.69) is 13.0 Å². The van der Waals surface area contributed by atoms with Crippen LogP contribution in [-0.4, -0.2) is 0 Å². The number of pyridine rings is 1. The standard InChI is InChI=1S/C9H9NOS/c1-6-5-8-3-4-10(11)7(2)9(8)12-6/h3-5H,1-2H3. The molecule has 3 heteroatoms. The van der Waals surface area contributed by atoms with Gasteiger partial charge in [0.1, 0.15) is 4.70 Å². The van der Waals surface area contributed by atoms with Gasteiger partial charge in [0.25, 0.3) is 0 Å². The summed E-state index contributed by atoms with van der Waals surface area (Å²) in [5.74, 6) is 0. The van der Waals surface area contributed by atoms with Crippen LogP contribution < -0.4 is 4.73 Å². The molecule has 0 aliphatic heterocycles. The Labute approximate surface area is 74.7 Å². The summed E-state index contributed by atoms with van der Waals surface area (Å²) in [4.78, 5) is 1.25. The van der Waals surface area contributed by atoms with Crippen molar-refractivity contribution in [1.29, 1.82) is 0 Å². The molecule has 0 spiro atoms. The fourth-order valence-electron chi connectivity index (χ4n) is 1.30. The van der Waals surface area contributed by atoms with E-state index in [1.807, 2.05) is 13.0 Å². The van der Waals surface area contributed by atoms with E-state index >= 15 is 0 Å². The third-order valence-corrected chi connectivity index (χ3v) is 3.11. The lowest BCUT2D eigenvalue weighted by atomic mass is 10.3. The Hall–Kier alpha value is -1.09. The van der Waals surface area contributed by atoms with Crippen molar-refractivity contribution in [2.45, 2.75) is 13.8 Å². The summed E-state index contributed by atoms with van der Waals surface area (Å²) in [6, 6.07) is 3.96. The highest BCUT2D eigenvalue weighted by molar-refractivity contribution is 7.19. The molecule has 0 saturated carbocycles. The average Bonchev–Trinajstić information content (AvgIpc) is 2.39. The minimum absolute atomic E-state index is 0.797. The smallest absolute Gasteiger partial charge is 0.207 e. The topological polar surface area (TPSA) is 26.9 Å². The Kier molecular flexibility index (Phi) is 1.54. The van der Waals surface area contributed by atoms with Crippen LogP contribution in [0, 0.1) is 19.1 Å². The molecule has 0 aliphatic carbocycles. The van der Waals surface area contributed by atoms with Crippen molar-refractivity contribution in [3.63, 3.8) is 0 Å². The van der Waals surface area contributed by atoms with Gasteiger partial charge in [-0.05, 0) is 13.0 Å². The molecule has 0 fully saturated rings. The zero-order chi connectivity index (χ0) is 8.72. The van der Waals surface area contributed by atoms with Gasteiger partial charge in [-0.2, -0.15) is 4.73 Å². The van der Waals surface area contributed by atoms with Crippen molar-refractivity contribution >= 4 is 21.4 Å². The molecule has 0 amide bonds. The van der Waals surface area contributed by atoms with Crippen molar-refractivity contribution in [3.05, 3.63) is 34.1 Å². The maximum absolute atomic E-state index is 11.2. The number of rotatable bonds is 0. The SMILES string of the molecule is Cc1cc2cc[n+]([O-])c(C)c2s1. The molecule has 2 rings (SSSR count). The lowest BCUT2D eigenvalue weighted by Gasteiger charge is -1.98. The largest absolute Gasteiger partial charge is 0.618 e. The molecule has 0 aliphatic rings. The minimum Gasteiger partial charge on any atom is -0.618 e. The third-order valence-electron chi connectivity index (χ3n) is 1.93. The zero-order valence-electron chi connectivity index (χ0n) is 7.00. The number of hydrogen-bond acceptors (Lipinski definition) is 2.